The molecule has 3 aromatic rings. The van der Waals surface area contributed by atoms with Gasteiger partial charge in [0.25, 0.3) is 0 Å². The van der Waals surface area contributed by atoms with Crippen LogP contribution in [0.5, 0.6) is 0 Å². The fraction of sp³-hybridized carbons (Fsp3) is 0.0833. The Labute approximate surface area is 103 Å². The molecule has 0 aliphatic rings. The Balaban J connectivity index is 2.29. The van der Waals surface area contributed by atoms with E-state index in [9.17, 15) is 0 Å². The summed E-state index contributed by atoms with van der Waals surface area (Å²) in [6.07, 6.45) is 3.29. The van der Waals surface area contributed by atoms with Gasteiger partial charge < -0.3 is 0 Å². The van der Waals surface area contributed by atoms with Gasteiger partial charge >= 0.3 is 0 Å². The largest absolute Gasteiger partial charge is 0.259 e. The minimum Gasteiger partial charge on any atom is -0.259 e. The first-order valence-corrected chi connectivity index (χ1v) is 5.53. The molecule has 0 amide bonds. The van der Waals surface area contributed by atoms with Crippen LogP contribution >= 0.6 is 11.6 Å². The Morgan fingerprint density at radius 1 is 1.18 bits per heavy atom. The molecular formula is C12H9ClN4. The molecule has 0 saturated carbocycles. The van der Waals surface area contributed by atoms with Crippen molar-refractivity contribution in [3.63, 3.8) is 0 Å². The second-order valence-electron chi connectivity index (χ2n) is 3.87. The Bertz CT molecular complexity index is 676. The Morgan fingerprint density at radius 2 is 2.06 bits per heavy atom. The van der Waals surface area contributed by atoms with E-state index in [-0.39, 0.29) is 0 Å². The van der Waals surface area contributed by atoms with Crippen molar-refractivity contribution in [3.05, 3.63) is 41.3 Å². The first kappa shape index (κ1) is 10.2. The van der Waals surface area contributed by atoms with Crippen LogP contribution in [0.1, 0.15) is 5.56 Å². The molecule has 0 unspecified atom stereocenters. The molecule has 0 aliphatic heterocycles. The van der Waals surface area contributed by atoms with Crippen LogP contribution in [-0.4, -0.2) is 20.2 Å². The molecule has 2 heterocycles. The molecule has 4 nitrogen and oxygen atoms in total. The summed E-state index contributed by atoms with van der Waals surface area (Å²) in [5.74, 6) is 0.665. The van der Waals surface area contributed by atoms with Gasteiger partial charge in [0.15, 0.2) is 5.82 Å². The number of aryl methyl sites for hydroxylation is 1. The minimum absolute atomic E-state index is 0.616. The zero-order valence-electron chi connectivity index (χ0n) is 9.11. The first-order chi connectivity index (χ1) is 8.24. The van der Waals surface area contributed by atoms with E-state index in [0.717, 1.165) is 22.0 Å². The standard InChI is InChI=1S/C12H9ClN4/c1-7-2-8-3-9(12-15-6-16-17-12)10(13)4-11(8)14-5-7/h2-6H,1H3,(H,15,16,17). The molecule has 0 aliphatic carbocycles. The molecule has 0 bridgehead atoms. The summed E-state index contributed by atoms with van der Waals surface area (Å²) in [7, 11) is 0. The zero-order chi connectivity index (χ0) is 11.8. The summed E-state index contributed by atoms with van der Waals surface area (Å²) in [5, 5.41) is 8.29. The number of hydrogen-bond donors (Lipinski definition) is 1. The fourth-order valence-electron chi connectivity index (χ4n) is 1.78. The summed E-state index contributed by atoms with van der Waals surface area (Å²) < 4.78 is 0. The van der Waals surface area contributed by atoms with Gasteiger partial charge in [-0.2, -0.15) is 5.10 Å². The number of pyridine rings is 1. The second-order valence-corrected chi connectivity index (χ2v) is 4.28. The lowest BCUT2D eigenvalue weighted by Gasteiger charge is -2.04. The van der Waals surface area contributed by atoms with Crippen molar-refractivity contribution in [2.24, 2.45) is 0 Å². The number of aromatic nitrogens is 4. The van der Waals surface area contributed by atoms with Crippen molar-refractivity contribution in [2.75, 3.05) is 0 Å². The third-order valence-electron chi connectivity index (χ3n) is 2.58. The Kier molecular flexibility index (Phi) is 2.30. The number of aromatic amines is 1. The molecule has 2 aromatic heterocycles. The number of fused-ring (bicyclic) bond motifs is 1. The first-order valence-electron chi connectivity index (χ1n) is 5.16. The van der Waals surface area contributed by atoms with Crippen LogP contribution in [-0.2, 0) is 0 Å². The third-order valence-corrected chi connectivity index (χ3v) is 2.89. The lowest BCUT2D eigenvalue weighted by atomic mass is 10.1. The molecule has 0 saturated heterocycles. The van der Waals surface area contributed by atoms with Crippen molar-refractivity contribution >= 4 is 22.5 Å². The predicted molar refractivity (Wildman–Crippen MR) is 66.9 cm³/mol. The van der Waals surface area contributed by atoms with E-state index >= 15 is 0 Å². The number of hydrogen-bond acceptors (Lipinski definition) is 3. The molecule has 0 atom stereocenters. The van der Waals surface area contributed by atoms with E-state index in [1.165, 1.54) is 6.33 Å². The van der Waals surface area contributed by atoms with Crippen LogP contribution < -0.4 is 0 Å². The Morgan fingerprint density at radius 3 is 2.82 bits per heavy atom. The lowest BCUT2D eigenvalue weighted by Crippen LogP contribution is -1.86. The van der Waals surface area contributed by atoms with Gasteiger partial charge in [-0.05, 0) is 30.7 Å². The smallest absolute Gasteiger partial charge is 0.156 e. The monoisotopic (exact) mass is 244 g/mol. The maximum absolute atomic E-state index is 6.21. The quantitative estimate of drug-likeness (QED) is 0.716. The summed E-state index contributed by atoms with van der Waals surface area (Å²) in [6.45, 7) is 2.01. The highest BCUT2D eigenvalue weighted by Gasteiger charge is 2.08. The molecule has 84 valence electrons. The third kappa shape index (κ3) is 1.76. The number of benzene rings is 1. The number of rotatable bonds is 1. The molecule has 5 heteroatoms. The predicted octanol–water partition coefficient (Wildman–Crippen LogP) is 2.98. The van der Waals surface area contributed by atoms with E-state index in [2.05, 4.69) is 26.2 Å². The summed E-state index contributed by atoms with van der Waals surface area (Å²) in [4.78, 5) is 8.44. The number of nitrogens with zero attached hydrogens (tertiary/aromatic N) is 3. The Hall–Kier alpha value is -1.94. The van der Waals surface area contributed by atoms with Gasteiger partial charge in [-0.3, -0.25) is 10.1 Å². The van der Waals surface area contributed by atoms with Crippen molar-refractivity contribution in [3.8, 4) is 11.4 Å². The molecule has 3 rings (SSSR count). The van der Waals surface area contributed by atoms with Crippen LogP contribution in [0.4, 0.5) is 0 Å². The molecule has 0 fully saturated rings. The fourth-order valence-corrected chi connectivity index (χ4v) is 2.02. The van der Waals surface area contributed by atoms with Gasteiger partial charge in [0.1, 0.15) is 6.33 Å². The van der Waals surface area contributed by atoms with E-state index in [0.29, 0.717) is 10.8 Å². The molecule has 1 N–H and O–H groups in total. The maximum atomic E-state index is 6.21. The van der Waals surface area contributed by atoms with Crippen LogP contribution in [0.3, 0.4) is 0 Å². The van der Waals surface area contributed by atoms with Gasteiger partial charge in [-0.25, -0.2) is 4.98 Å². The van der Waals surface area contributed by atoms with Gasteiger partial charge in [-0.1, -0.05) is 11.6 Å². The van der Waals surface area contributed by atoms with Gasteiger partial charge in [0, 0.05) is 17.1 Å². The van der Waals surface area contributed by atoms with E-state index in [1.54, 1.807) is 0 Å². The van der Waals surface area contributed by atoms with Crippen molar-refractivity contribution in [1.82, 2.24) is 20.2 Å². The van der Waals surface area contributed by atoms with Crippen molar-refractivity contribution in [1.29, 1.82) is 0 Å². The SMILES string of the molecule is Cc1cnc2cc(Cl)c(-c3ncn[nH]3)cc2c1. The van der Waals surface area contributed by atoms with Crippen LogP contribution in [0.25, 0.3) is 22.3 Å². The summed E-state index contributed by atoms with van der Waals surface area (Å²) >= 11 is 6.21. The minimum atomic E-state index is 0.616. The highest BCUT2D eigenvalue weighted by Crippen LogP contribution is 2.29. The topological polar surface area (TPSA) is 54.5 Å². The highest BCUT2D eigenvalue weighted by molar-refractivity contribution is 6.34. The molecule has 0 spiro atoms. The van der Waals surface area contributed by atoms with Gasteiger partial charge in [0.05, 0.1) is 10.5 Å². The normalized spacial score (nSPS) is 10.9. The van der Waals surface area contributed by atoms with Crippen LogP contribution in [0, 0.1) is 6.92 Å². The maximum Gasteiger partial charge on any atom is 0.156 e. The number of H-pyrrole nitrogens is 1. The molecular weight excluding hydrogens is 236 g/mol. The summed E-state index contributed by atoms with van der Waals surface area (Å²) in [5.41, 5.74) is 2.83. The zero-order valence-corrected chi connectivity index (χ0v) is 9.86. The molecule has 17 heavy (non-hydrogen) atoms. The second kappa shape index (κ2) is 3.82. The highest BCUT2D eigenvalue weighted by atomic mass is 35.5. The summed E-state index contributed by atoms with van der Waals surface area (Å²) in [6, 6.07) is 5.88. The number of halogens is 1. The number of nitrogens with one attached hydrogen (secondary N) is 1. The van der Waals surface area contributed by atoms with Crippen molar-refractivity contribution < 1.29 is 0 Å². The van der Waals surface area contributed by atoms with Crippen molar-refractivity contribution in [2.45, 2.75) is 6.92 Å². The van der Waals surface area contributed by atoms with Crippen LogP contribution in [0.2, 0.25) is 5.02 Å². The molecule has 0 radical (unpaired) electrons. The van der Waals surface area contributed by atoms with Gasteiger partial charge in [-0.15, -0.1) is 0 Å². The average Bonchev–Trinajstić information content (AvgIpc) is 2.82. The lowest BCUT2D eigenvalue weighted by molar-refractivity contribution is 1.10. The molecule has 1 aromatic carbocycles. The van der Waals surface area contributed by atoms with E-state index < -0.39 is 0 Å². The average molecular weight is 245 g/mol. The van der Waals surface area contributed by atoms with Crippen LogP contribution in [0.15, 0.2) is 30.7 Å². The van der Waals surface area contributed by atoms with E-state index in [1.807, 2.05) is 25.3 Å². The van der Waals surface area contributed by atoms with Gasteiger partial charge in [0.2, 0.25) is 0 Å². The van der Waals surface area contributed by atoms with E-state index in [4.69, 9.17) is 11.6 Å².